The van der Waals surface area contributed by atoms with Gasteiger partial charge in [0, 0.05) is 33.6 Å². The summed E-state index contributed by atoms with van der Waals surface area (Å²) in [6.07, 6.45) is -0.401. The van der Waals surface area contributed by atoms with Crippen LogP contribution < -0.4 is 4.90 Å². The number of anilines is 1. The van der Waals surface area contributed by atoms with Crippen LogP contribution in [-0.4, -0.2) is 27.3 Å². The molecule has 0 radical (unpaired) electrons. The topological polar surface area (TPSA) is 38.8 Å². The van der Waals surface area contributed by atoms with Crippen molar-refractivity contribution in [3.05, 3.63) is 123 Å². The number of hydrogen-bond donors (Lipinski definition) is 0. The number of carbonyl (C=O) groups is 1. The summed E-state index contributed by atoms with van der Waals surface area (Å²) in [5, 5.41) is 1.50. The van der Waals surface area contributed by atoms with Crippen molar-refractivity contribution in [3.8, 4) is 0 Å². The molecule has 0 bridgehead atoms. The van der Waals surface area contributed by atoms with Crippen LogP contribution in [0.2, 0.25) is 24.7 Å². The lowest BCUT2D eigenvalue weighted by Gasteiger charge is -2.44. The second-order valence-electron chi connectivity index (χ2n) is 11.0. The largest absolute Gasteiger partial charge is 0.496 e. The number of benzene rings is 3. The van der Waals surface area contributed by atoms with Crippen LogP contribution in [0.25, 0.3) is 0 Å². The lowest BCUT2D eigenvalue weighted by atomic mass is 9.78. The van der Waals surface area contributed by atoms with Crippen molar-refractivity contribution in [2.24, 2.45) is 0 Å². The van der Waals surface area contributed by atoms with E-state index in [4.69, 9.17) is 21.1 Å². The molecule has 6 heteroatoms. The van der Waals surface area contributed by atoms with E-state index in [0.29, 0.717) is 11.6 Å². The van der Waals surface area contributed by atoms with E-state index in [1.807, 2.05) is 24.3 Å². The number of fused-ring (bicyclic) bond motifs is 5. The molecule has 3 atom stereocenters. The molecule has 3 aromatic carbocycles. The van der Waals surface area contributed by atoms with E-state index < -0.39 is 14.2 Å². The van der Waals surface area contributed by atoms with Gasteiger partial charge in [0.1, 0.15) is 11.9 Å². The number of halogens is 1. The van der Waals surface area contributed by atoms with Crippen molar-refractivity contribution >= 4 is 31.3 Å². The van der Waals surface area contributed by atoms with Crippen LogP contribution in [0.1, 0.15) is 28.7 Å². The Labute approximate surface area is 224 Å². The van der Waals surface area contributed by atoms with Gasteiger partial charge in [-0.3, -0.25) is 0 Å². The molecule has 0 spiro atoms. The Morgan fingerprint density at radius 2 is 1.65 bits per heavy atom. The Kier molecular flexibility index (Phi) is 5.81. The first kappa shape index (κ1) is 24.1. The number of hydrogen-bond acceptors (Lipinski definition) is 4. The maximum atomic E-state index is 13.2. The van der Waals surface area contributed by atoms with E-state index in [1.165, 1.54) is 11.1 Å². The summed E-state index contributed by atoms with van der Waals surface area (Å²) in [6.45, 7) is 7.30. The molecule has 0 fully saturated rings. The zero-order chi connectivity index (χ0) is 25.9. The molecular weight excluding hydrogens is 498 g/mol. The minimum Gasteiger partial charge on any atom is -0.496 e. The standard InChI is InChI=1S/C31H30ClNO3Si/c1-35-28-25-24(29-26(28)30(31(34)36-29)37(2,3)4)22-17-21(32)15-16-23(22)33(18-19-11-7-5-8-12-19)27(25)20-13-9-6-10-14-20/h5-17,24,27,29H,18H2,1-4H3/t24-,27+,29+/m1/s1. The number of methoxy groups -OCH3 is 1. The first-order valence-corrected chi connectivity index (χ1v) is 16.6. The van der Waals surface area contributed by atoms with Crippen molar-refractivity contribution in [1.82, 2.24) is 0 Å². The average molecular weight is 528 g/mol. The summed E-state index contributed by atoms with van der Waals surface area (Å²) >= 11 is 6.59. The third-order valence-corrected chi connectivity index (χ3v) is 9.85. The average Bonchev–Trinajstić information content (AvgIpc) is 3.37. The number of ether oxygens (including phenoxy) is 2. The third kappa shape index (κ3) is 3.84. The number of esters is 1. The number of rotatable bonds is 5. The molecule has 1 aliphatic carbocycles. The zero-order valence-corrected chi connectivity index (χ0v) is 23.3. The van der Waals surface area contributed by atoms with Gasteiger partial charge in [-0.1, -0.05) is 91.9 Å². The van der Waals surface area contributed by atoms with Crippen molar-refractivity contribution in [2.45, 2.75) is 44.2 Å². The van der Waals surface area contributed by atoms with E-state index >= 15 is 0 Å². The van der Waals surface area contributed by atoms with Crippen molar-refractivity contribution < 1.29 is 14.3 Å². The Balaban J connectivity index is 1.67. The van der Waals surface area contributed by atoms with Crippen LogP contribution in [0.3, 0.4) is 0 Å². The minimum absolute atomic E-state index is 0.0882. The van der Waals surface area contributed by atoms with E-state index in [9.17, 15) is 4.79 Å². The predicted molar refractivity (Wildman–Crippen MR) is 150 cm³/mol. The molecule has 6 rings (SSSR count). The molecule has 0 saturated carbocycles. The van der Waals surface area contributed by atoms with Gasteiger partial charge in [-0.05, 0) is 34.9 Å². The highest BCUT2D eigenvalue weighted by Crippen LogP contribution is 2.60. The third-order valence-electron chi connectivity index (χ3n) is 7.64. The Morgan fingerprint density at radius 1 is 0.973 bits per heavy atom. The van der Waals surface area contributed by atoms with Crippen molar-refractivity contribution in [1.29, 1.82) is 0 Å². The van der Waals surface area contributed by atoms with E-state index in [2.05, 4.69) is 79.1 Å². The van der Waals surface area contributed by atoms with E-state index in [1.54, 1.807) is 7.11 Å². The maximum absolute atomic E-state index is 13.2. The van der Waals surface area contributed by atoms with Crippen LogP contribution in [0.5, 0.6) is 0 Å². The second kappa shape index (κ2) is 8.93. The van der Waals surface area contributed by atoms with Gasteiger partial charge in [0.25, 0.3) is 0 Å². The maximum Gasteiger partial charge on any atom is 0.331 e. The fourth-order valence-corrected chi connectivity index (χ4v) is 8.20. The van der Waals surface area contributed by atoms with E-state index in [0.717, 1.165) is 33.4 Å². The van der Waals surface area contributed by atoms with Crippen LogP contribution in [0, 0.1) is 0 Å². The summed E-state index contributed by atoms with van der Waals surface area (Å²) in [7, 11) is -0.307. The van der Waals surface area contributed by atoms with Crippen LogP contribution >= 0.6 is 11.6 Å². The van der Waals surface area contributed by atoms with Crippen molar-refractivity contribution in [2.75, 3.05) is 12.0 Å². The van der Waals surface area contributed by atoms with Gasteiger partial charge in [0.05, 0.1) is 27.1 Å². The molecular formula is C31H30ClNO3Si. The SMILES string of the molecule is COC1=C2[C@H](c3ccccc3)N(Cc3ccccc3)c3ccc(Cl)cc3[C@H]2[C@@H]2OC(=O)C([Si](C)(C)C)=C12. The van der Waals surface area contributed by atoms with Gasteiger partial charge < -0.3 is 14.4 Å². The number of carbonyl (C=O) groups excluding carboxylic acids is 1. The molecule has 0 unspecified atom stereocenters. The summed E-state index contributed by atoms with van der Waals surface area (Å²) < 4.78 is 12.4. The smallest absolute Gasteiger partial charge is 0.331 e. The fraction of sp³-hybridized carbons (Fsp3) is 0.258. The Bertz CT molecular complexity index is 1440. The summed E-state index contributed by atoms with van der Waals surface area (Å²) in [5.74, 6) is 0.448. The molecule has 0 amide bonds. The van der Waals surface area contributed by atoms with Gasteiger partial charge >= 0.3 is 5.97 Å². The van der Waals surface area contributed by atoms with Gasteiger partial charge in [-0.15, -0.1) is 0 Å². The van der Waals surface area contributed by atoms with Crippen LogP contribution in [0.4, 0.5) is 5.69 Å². The molecule has 0 aromatic heterocycles. The molecule has 2 aliphatic heterocycles. The molecule has 3 aromatic rings. The highest BCUT2D eigenvalue weighted by Gasteiger charge is 2.56. The van der Waals surface area contributed by atoms with Gasteiger partial charge in [0.15, 0.2) is 0 Å². The monoisotopic (exact) mass is 527 g/mol. The summed E-state index contributed by atoms with van der Waals surface area (Å²) in [5.41, 5.74) is 6.65. The van der Waals surface area contributed by atoms with Gasteiger partial charge in [-0.2, -0.15) is 0 Å². The van der Waals surface area contributed by atoms with E-state index in [-0.39, 0.29) is 17.9 Å². The zero-order valence-electron chi connectivity index (χ0n) is 21.5. The fourth-order valence-electron chi connectivity index (χ4n) is 6.28. The molecule has 2 heterocycles. The van der Waals surface area contributed by atoms with Crippen molar-refractivity contribution in [3.63, 3.8) is 0 Å². The Hall–Kier alpha value is -3.28. The summed E-state index contributed by atoms with van der Waals surface area (Å²) in [6, 6.07) is 27.1. The van der Waals surface area contributed by atoms with Gasteiger partial charge in [0.2, 0.25) is 0 Å². The first-order valence-electron chi connectivity index (χ1n) is 12.7. The van der Waals surface area contributed by atoms with Gasteiger partial charge in [-0.25, -0.2) is 4.79 Å². The number of nitrogens with zero attached hydrogens (tertiary/aromatic N) is 1. The molecule has 0 saturated heterocycles. The lowest BCUT2D eigenvalue weighted by molar-refractivity contribution is -0.139. The molecule has 3 aliphatic rings. The molecule has 37 heavy (non-hydrogen) atoms. The quantitative estimate of drug-likeness (QED) is 0.260. The highest BCUT2D eigenvalue weighted by atomic mass is 35.5. The minimum atomic E-state index is -2.03. The first-order chi connectivity index (χ1) is 17.8. The lowest BCUT2D eigenvalue weighted by Crippen LogP contribution is -2.38. The Morgan fingerprint density at radius 3 is 2.30 bits per heavy atom. The predicted octanol–water partition coefficient (Wildman–Crippen LogP) is 7.20. The highest BCUT2D eigenvalue weighted by molar-refractivity contribution is 6.87. The molecule has 4 nitrogen and oxygen atoms in total. The van der Waals surface area contributed by atoms with Crippen LogP contribution in [-0.2, 0) is 20.8 Å². The normalized spacial score (nSPS) is 22.6. The molecule has 0 N–H and O–H groups in total. The summed E-state index contributed by atoms with van der Waals surface area (Å²) in [4.78, 5) is 15.7. The second-order valence-corrected chi connectivity index (χ2v) is 16.4. The van der Waals surface area contributed by atoms with Crippen LogP contribution in [0.15, 0.2) is 101 Å². The molecule has 188 valence electrons.